The lowest BCUT2D eigenvalue weighted by Gasteiger charge is -2.22. The molecule has 0 amide bonds. The van der Waals surface area contributed by atoms with E-state index in [0.29, 0.717) is 12.4 Å². The molecule has 0 aromatic heterocycles. The van der Waals surface area contributed by atoms with Crippen LogP contribution in [0.15, 0.2) is 29.2 Å². The molecule has 1 aliphatic heterocycles. The van der Waals surface area contributed by atoms with Gasteiger partial charge >= 0.3 is 0 Å². The standard InChI is InChI=1S/C13H18O3S/c14-11-4-3-5-12(10-11)17-9-8-16-13-6-1-2-7-15-13/h3-5,10,13-14H,1-2,6-9H2/t13-/m1/s1. The van der Waals surface area contributed by atoms with Gasteiger partial charge in [0.15, 0.2) is 6.29 Å². The number of rotatable bonds is 5. The monoisotopic (exact) mass is 254 g/mol. The van der Waals surface area contributed by atoms with E-state index in [-0.39, 0.29) is 6.29 Å². The van der Waals surface area contributed by atoms with Crippen LogP contribution in [0.4, 0.5) is 0 Å². The normalized spacial score (nSPS) is 20.4. The third-order valence-corrected chi connectivity index (χ3v) is 3.57. The maximum Gasteiger partial charge on any atom is 0.157 e. The Balaban J connectivity index is 1.62. The van der Waals surface area contributed by atoms with Gasteiger partial charge in [0.25, 0.3) is 0 Å². The van der Waals surface area contributed by atoms with Gasteiger partial charge in [-0.25, -0.2) is 0 Å². The van der Waals surface area contributed by atoms with E-state index in [9.17, 15) is 5.11 Å². The Labute approximate surface area is 106 Å². The predicted molar refractivity (Wildman–Crippen MR) is 68.4 cm³/mol. The molecule has 0 spiro atoms. The molecule has 1 saturated heterocycles. The van der Waals surface area contributed by atoms with E-state index in [1.54, 1.807) is 23.9 Å². The first-order valence-corrected chi connectivity index (χ1v) is 6.98. The maximum atomic E-state index is 9.31. The average molecular weight is 254 g/mol. The second kappa shape index (κ2) is 6.89. The van der Waals surface area contributed by atoms with Crippen molar-refractivity contribution in [3.63, 3.8) is 0 Å². The Morgan fingerprint density at radius 2 is 2.35 bits per heavy atom. The Morgan fingerprint density at radius 1 is 1.41 bits per heavy atom. The zero-order valence-electron chi connectivity index (χ0n) is 9.80. The molecule has 1 aromatic rings. The first-order valence-electron chi connectivity index (χ1n) is 5.99. The quantitative estimate of drug-likeness (QED) is 0.647. The minimum atomic E-state index is -0.00599. The van der Waals surface area contributed by atoms with Gasteiger partial charge in [0.1, 0.15) is 5.75 Å². The molecule has 1 aromatic carbocycles. The summed E-state index contributed by atoms with van der Waals surface area (Å²) in [7, 11) is 0. The number of hydrogen-bond donors (Lipinski definition) is 1. The number of benzene rings is 1. The van der Waals surface area contributed by atoms with Crippen LogP contribution in [-0.2, 0) is 9.47 Å². The Hall–Kier alpha value is -0.710. The summed E-state index contributed by atoms with van der Waals surface area (Å²) in [6, 6.07) is 7.28. The van der Waals surface area contributed by atoms with E-state index in [1.807, 2.05) is 12.1 Å². The highest BCUT2D eigenvalue weighted by molar-refractivity contribution is 7.99. The van der Waals surface area contributed by atoms with Gasteiger partial charge in [-0.3, -0.25) is 0 Å². The van der Waals surface area contributed by atoms with Crippen molar-refractivity contribution in [3.05, 3.63) is 24.3 Å². The summed E-state index contributed by atoms with van der Waals surface area (Å²) in [5.41, 5.74) is 0. The molecule has 1 heterocycles. The van der Waals surface area contributed by atoms with Gasteiger partial charge in [-0.15, -0.1) is 11.8 Å². The molecular weight excluding hydrogens is 236 g/mol. The average Bonchev–Trinajstić information content (AvgIpc) is 2.36. The number of thioether (sulfide) groups is 1. The van der Waals surface area contributed by atoms with Crippen molar-refractivity contribution in [2.24, 2.45) is 0 Å². The fourth-order valence-electron chi connectivity index (χ4n) is 1.75. The summed E-state index contributed by atoms with van der Waals surface area (Å²) in [4.78, 5) is 1.07. The van der Waals surface area contributed by atoms with E-state index >= 15 is 0 Å². The third-order valence-electron chi connectivity index (χ3n) is 2.61. The molecule has 1 N–H and O–H groups in total. The Morgan fingerprint density at radius 3 is 3.12 bits per heavy atom. The SMILES string of the molecule is Oc1cccc(SCCO[C@@H]2CCCCO2)c1. The van der Waals surface area contributed by atoms with E-state index in [1.165, 1.54) is 6.42 Å². The summed E-state index contributed by atoms with van der Waals surface area (Å²) in [5, 5.41) is 9.31. The molecule has 2 rings (SSSR count). The Bertz CT molecular complexity index is 337. The molecule has 4 heteroatoms. The summed E-state index contributed by atoms with van der Waals surface area (Å²) in [6.07, 6.45) is 3.35. The van der Waals surface area contributed by atoms with Gasteiger partial charge < -0.3 is 14.6 Å². The molecule has 0 bridgehead atoms. The van der Waals surface area contributed by atoms with Crippen molar-refractivity contribution in [1.29, 1.82) is 0 Å². The highest BCUT2D eigenvalue weighted by Gasteiger charge is 2.13. The van der Waals surface area contributed by atoms with Gasteiger partial charge in [-0.05, 0) is 37.5 Å². The first kappa shape index (κ1) is 12.7. The zero-order chi connectivity index (χ0) is 11.9. The molecule has 94 valence electrons. The number of phenolic OH excluding ortho intramolecular Hbond substituents is 1. The molecule has 1 fully saturated rings. The second-order valence-corrected chi connectivity index (χ2v) is 5.18. The number of hydrogen-bond acceptors (Lipinski definition) is 4. The van der Waals surface area contributed by atoms with E-state index in [4.69, 9.17) is 9.47 Å². The minimum absolute atomic E-state index is 0.00599. The van der Waals surface area contributed by atoms with Gasteiger partial charge in [-0.1, -0.05) is 6.07 Å². The molecule has 0 saturated carbocycles. The molecule has 3 nitrogen and oxygen atoms in total. The summed E-state index contributed by atoms with van der Waals surface area (Å²) >= 11 is 1.68. The minimum Gasteiger partial charge on any atom is -0.508 e. The number of phenols is 1. The van der Waals surface area contributed by atoms with Crippen molar-refractivity contribution in [3.8, 4) is 5.75 Å². The summed E-state index contributed by atoms with van der Waals surface area (Å²) < 4.78 is 11.1. The number of aromatic hydroxyl groups is 1. The molecule has 1 aliphatic rings. The summed E-state index contributed by atoms with van der Waals surface area (Å²) in [5.74, 6) is 1.19. The van der Waals surface area contributed by atoms with Crippen LogP contribution in [0.1, 0.15) is 19.3 Å². The van der Waals surface area contributed by atoms with Crippen LogP contribution in [0.3, 0.4) is 0 Å². The number of ether oxygens (including phenoxy) is 2. The van der Waals surface area contributed by atoms with E-state index in [0.717, 1.165) is 30.1 Å². The molecule has 0 aliphatic carbocycles. The lowest BCUT2D eigenvalue weighted by atomic mass is 10.2. The van der Waals surface area contributed by atoms with Crippen LogP contribution in [0.2, 0.25) is 0 Å². The highest BCUT2D eigenvalue weighted by Crippen LogP contribution is 2.22. The first-order chi connectivity index (χ1) is 8.34. The maximum absolute atomic E-state index is 9.31. The molecule has 0 unspecified atom stereocenters. The summed E-state index contributed by atoms with van der Waals surface area (Å²) in [6.45, 7) is 1.51. The zero-order valence-corrected chi connectivity index (χ0v) is 10.6. The fraction of sp³-hybridized carbons (Fsp3) is 0.538. The van der Waals surface area contributed by atoms with Crippen LogP contribution >= 0.6 is 11.8 Å². The topological polar surface area (TPSA) is 38.7 Å². The second-order valence-electron chi connectivity index (χ2n) is 4.01. The molecule has 1 atom stereocenters. The molecule has 17 heavy (non-hydrogen) atoms. The fourth-order valence-corrected chi connectivity index (χ4v) is 2.55. The predicted octanol–water partition coefficient (Wildman–Crippen LogP) is 3.03. The van der Waals surface area contributed by atoms with Crippen LogP contribution in [0, 0.1) is 0 Å². The van der Waals surface area contributed by atoms with Crippen molar-refractivity contribution < 1.29 is 14.6 Å². The van der Waals surface area contributed by atoms with Crippen LogP contribution in [-0.4, -0.2) is 30.4 Å². The lowest BCUT2D eigenvalue weighted by molar-refractivity contribution is -0.158. The molecule has 0 radical (unpaired) electrons. The highest BCUT2D eigenvalue weighted by atomic mass is 32.2. The van der Waals surface area contributed by atoms with E-state index in [2.05, 4.69) is 0 Å². The van der Waals surface area contributed by atoms with Crippen molar-refractivity contribution in [2.45, 2.75) is 30.4 Å². The largest absolute Gasteiger partial charge is 0.508 e. The van der Waals surface area contributed by atoms with Crippen LogP contribution in [0.5, 0.6) is 5.75 Å². The van der Waals surface area contributed by atoms with E-state index < -0.39 is 0 Å². The van der Waals surface area contributed by atoms with Gasteiger partial charge in [0, 0.05) is 17.3 Å². The van der Waals surface area contributed by atoms with Crippen molar-refractivity contribution in [1.82, 2.24) is 0 Å². The third kappa shape index (κ3) is 4.58. The van der Waals surface area contributed by atoms with Crippen LogP contribution in [0.25, 0.3) is 0 Å². The van der Waals surface area contributed by atoms with Crippen molar-refractivity contribution in [2.75, 3.05) is 19.0 Å². The van der Waals surface area contributed by atoms with Gasteiger partial charge in [0.2, 0.25) is 0 Å². The molecular formula is C13H18O3S. The Kier molecular flexibility index (Phi) is 5.16. The lowest BCUT2D eigenvalue weighted by Crippen LogP contribution is -2.23. The van der Waals surface area contributed by atoms with Crippen LogP contribution < -0.4 is 0 Å². The smallest absolute Gasteiger partial charge is 0.157 e. The van der Waals surface area contributed by atoms with Gasteiger partial charge in [-0.2, -0.15) is 0 Å². The van der Waals surface area contributed by atoms with Crippen molar-refractivity contribution >= 4 is 11.8 Å². The van der Waals surface area contributed by atoms with Gasteiger partial charge in [0.05, 0.1) is 6.61 Å².